The summed E-state index contributed by atoms with van der Waals surface area (Å²) in [5.74, 6) is -0.0520. The lowest BCUT2D eigenvalue weighted by Gasteiger charge is -2.12. The minimum absolute atomic E-state index is 0.0520. The lowest BCUT2D eigenvalue weighted by Crippen LogP contribution is -2.27. The van der Waals surface area contributed by atoms with Crippen molar-refractivity contribution in [1.29, 1.82) is 0 Å². The quantitative estimate of drug-likeness (QED) is 0.906. The number of halogens is 1. The van der Waals surface area contributed by atoms with Crippen LogP contribution in [0.5, 0.6) is 0 Å². The van der Waals surface area contributed by atoms with Gasteiger partial charge in [-0.1, -0.05) is 6.07 Å². The van der Waals surface area contributed by atoms with Crippen molar-refractivity contribution in [3.8, 4) is 0 Å². The Balaban J connectivity index is 2.07. The molecule has 0 aromatic heterocycles. The summed E-state index contributed by atoms with van der Waals surface area (Å²) in [5, 5.41) is 2.88. The fourth-order valence-electron chi connectivity index (χ4n) is 1.73. The number of carbonyl (C=O) groups excluding carboxylic acids is 1. The van der Waals surface area contributed by atoms with Gasteiger partial charge in [0.2, 0.25) is 0 Å². The van der Waals surface area contributed by atoms with E-state index in [9.17, 15) is 4.79 Å². The second-order valence-electron chi connectivity index (χ2n) is 3.97. The van der Waals surface area contributed by atoms with Crippen molar-refractivity contribution in [1.82, 2.24) is 0 Å². The van der Waals surface area contributed by atoms with E-state index in [0.29, 0.717) is 6.61 Å². The van der Waals surface area contributed by atoms with Gasteiger partial charge >= 0.3 is 0 Å². The molecule has 1 amide bonds. The van der Waals surface area contributed by atoms with E-state index in [-0.39, 0.29) is 12.0 Å². The fourth-order valence-corrected chi connectivity index (χ4v) is 2.08. The average molecular weight is 284 g/mol. The van der Waals surface area contributed by atoms with Gasteiger partial charge in [0.1, 0.15) is 6.10 Å². The predicted molar refractivity (Wildman–Crippen MR) is 66.5 cm³/mol. The maximum atomic E-state index is 11.8. The standard InChI is InChI=1S/C12H14BrNO2/c1-8-4-5-9(13)10(7-8)14-12(15)11-3-2-6-16-11/h4-5,7,11H,2-3,6H2,1H3,(H,14,15). The third-order valence-corrected chi connectivity index (χ3v) is 3.29. The Morgan fingerprint density at radius 2 is 2.38 bits per heavy atom. The van der Waals surface area contributed by atoms with E-state index in [0.717, 1.165) is 28.6 Å². The first kappa shape index (κ1) is 11.6. The maximum absolute atomic E-state index is 11.8. The second-order valence-corrected chi connectivity index (χ2v) is 4.83. The van der Waals surface area contributed by atoms with Crippen molar-refractivity contribution in [2.75, 3.05) is 11.9 Å². The Kier molecular flexibility index (Phi) is 3.61. The highest BCUT2D eigenvalue weighted by atomic mass is 79.9. The fraction of sp³-hybridized carbons (Fsp3) is 0.417. The van der Waals surface area contributed by atoms with Crippen LogP contribution in [0.3, 0.4) is 0 Å². The molecule has 0 bridgehead atoms. The second kappa shape index (κ2) is 4.97. The van der Waals surface area contributed by atoms with Crippen LogP contribution in [0, 0.1) is 6.92 Å². The molecule has 1 atom stereocenters. The highest BCUT2D eigenvalue weighted by molar-refractivity contribution is 9.10. The first-order valence-corrected chi connectivity index (χ1v) is 6.15. The molecule has 1 unspecified atom stereocenters. The Hall–Kier alpha value is -0.870. The predicted octanol–water partition coefficient (Wildman–Crippen LogP) is 2.88. The zero-order valence-corrected chi connectivity index (χ0v) is 10.7. The van der Waals surface area contributed by atoms with Crippen LogP contribution in [0.1, 0.15) is 18.4 Å². The topological polar surface area (TPSA) is 38.3 Å². The van der Waals surface area contributed by atoms with E-state index >= 15 is 0 Å². The zero-order chi connectivity index (χ0) is 11.5. The van der Waals surface area contributed by atoms with Gasteiger partial charge in [0.15, 0.2) is 0 Å². The molecule has 1 saturated heterocycles. The molecule has 3 nitrogen and oxygen atoms in total. The Bertz CT molecular complexity index is 400. The number of nitrogens with one attached hydrogen (secondary N) is 1. The number of hydrogen-bond acceptors (Lipinski definition) is 2. The van der Waals surface area contributed by atoms with Gasteiger partial charge < -0.3 is 10.1 Å². The molecule has 0 radical (unpaired) electrons. The van der Waals surface area contributed by atoms with Crippen LogP contribution in [-0.4, -0.2) is 18.6 Å². The van der Waals surface area contributed by atoms with Crippen LogP contribution in [0.2, 0.25) is 0 Å². The van der Waals surface area contributed by atoms with Crippen molar-refractivity contribution in [2.24, 2.45) is 0 Å². The Morgan fingerprint density at radius 3 is 3.06 bits per heavy atom. The SMILES string of the molecule is Cc1ccc(Br)c(NC(=O)C2CCCO2)c1. The number of carbonyl (C=O) groups is 1. The summed E-state index contributed by atoms with van der Waals surface area (Å²) in [4.78, 5) is 11.8. The molecule has 2 rings (SSSR count). The highest BCUT2D eigenvalue weighted by Crippen LogP contribution is 2.24. The average Bonchev–Trinajstić information content (AvgIpc) is 2.76. The number of aryl methyl sites for hydroxylation is 1. The highest BCUT2D eigenvalue weighted by Gasteiger charge is 2.23. The number of amides is 1. The number of ether oxygens (including phenoxy) is 1. The lowest BCUT2D eigenvalue weighted by molar-refractivity contribution is -0.124. The van der Waals surface area contributed by atoms with E-state index in [4.69, 9.17) is 4.74 Å². The van der Waals surface area contributed by atoms with E-state index in [1.165, 1.54) is 0 Å². The first-order chi connectivity index (χ1) is 7.66. The lowest BCUT2D eigenvalue weighted by atomic mass is 10.2. The summed E-state index contributed by atoms with van der Waals surface area (Å²) in [6.07, 6.45) is 1.50. The van der Waals surface area contributed by atoms with Crippen molar-refractivity contribution >= 4 is 27.5 Å². The monoisotopic (exact) mass is 283 g/mol. The number of hydrogen-bond donors (Lipinski definition) is 1. The van der Waals surface area contributed by atoms with Crippen LogP contribution in [0.25, 0.3) is 0 Å². The van der Waals surface area contributed by atoms with Crippen molar-refractivity contribution in [3.05, 3.63) is 28.2 Å². The smallest absolute Gasteiger partial charge is 0.253 e. The molecule has 1 aliphatic rings. The van der Waals surface area contributed by atoms with Gasteiger partial charge in [-0.25, -0.2) is 0 Å². The summed E-state index contributed by atoms with van der Waals surface area (Å²) in [6, 6.07) is 5.86. The van der Waals surface area contributed by atoms with Gasteiger partial charge in [-0.3, -0.25) is 4.79 Å². The van der Waals surface area contributed by atoms with Crippen LogP contribution in [0.15, 0.2) is 22.7 Å². The summed E-state index contributed by atoms with van der Waals surface area (Å²) in [5.41, 5.74) is 1.92. The molecule has 1 aromatic carbocycles. The first-order valence-electron chi connectivity index (χ1n) is 5.35. The molecular formula is C12H14BrNO2. The molecule has 16 heavy (non-hydrogen) atoms. The molecule has 4 heteroatoms. The zero-order valence-electron chi connectivity index (χ0n) is 9.13. The van der Waals surface area contributed by atoms with Crippen LogP contribution >= 0.6 is 15.9 Å². The van der Waals surface area contributed by atoms with Gasteiger partial charge in [0, 0.05) is 11.1 Å². The summed E-state index contributed by atoms with van der Waals surface area (Å²) in [7, 11) is 0. The van der Waals surface area contributed by atoms with Crippen LogP contribution in [-0.2, 0) is 9.53 Å². The molecular weight excluding hydrogens is 270 g/mol. The van der Waals surface area contributed by atoms with E-state index in [1.807, 2.05) is 25.1 Å². The molecule has 86 valence electrons. The van der Waals surface area contributed by atoms with Gasteiger partial charge in [0.05, 0.1) is 5.69 Å². The summed E-state index contributed by atoms with van der Waals surface area (Å²) < 4.78 is 6.22. The van der Waals surface area contributed by atoms with E-state index < -0.39 is 0 Å². The largest absolute Gasteiger partial charge is 0.368 e. The molecule has 0 aliphatic carbocycles. The minimum Gasteiger partial charge on any atom is -0.368 e. The van der Waals surface area contributed by atoms with Crippen molar-refractivity contribution < 1.29 is 9.53 Å². The summed E-state index contributed by atoms with van der Waals surface area (Å²) >= 11 is 3.41. The normalized spacial score (nSPS) is 19.8. The molecule has 1 heterocycles. The molecule has 1 aromatic rings. The van der Waals surface area contributed by atoms with Gasteiger partial charge in [-0.05, 0) is 53.4 Å². The maximum Gasteiger partial charge on any atom is 0.253 e. The number of anilines is 1. The van der Waals surface area contributed by atoms with Gasteiger partial charge in [-0.2, -0.15) is 0 Å². The number of rotatable bonds is 2. The minimum atomic E-state index is -0.285. The van der Waals surface area contributed by atoms with E-state index in [2.05, 4.69) is 21.2 Å². The summed E-state index contributed by atoms with van der Waals surface area (Å²) in [6.45, 7) is 2.68. The van der Waals surface area contributed by atoms with Crippen molar-refractivity contribution in [2.45, 2.75) is 25.9 Å². The van der Waals surface area contributed by atoms with Gasteiger partial charge in [0.25, 0.3) is 5.91 Å². The molecule has 1 aliphatic heterocycles. The van der Waals surface area contributed by atoms with Gasteiger partial charge in [-0.15, -0.1) is 0 Å². The third kappa shape index (κ3) is 2.62. The van der Waals surface area contributed by atoms with E-state index in [1.54, 1.807) is 0 Å². The molecule has 0 saturated carbocycles. The Morgan fingerprint density at radius 1 is 1.56 bits per heavy atom. The Labute approximate surface area is 103 Å². The number of benzene rings is 1. The molecule has 0 spiro atoms. The van der Waals surface area contributed by atoms with Crippen LogP contribution < -0.4 is 5.32 Å². The van der Waals surface area contributed by atoms with Crippen molar-refractivity contribution in [3.63, 3.8) is 0 Å². The third-order valence-electron chi connectivity index (χ3n) is 2.60. The molecule has 1 fully saturated rings. The molecule has 1 N–H and O–H groups in total. The van der Waals surface area contributed by atoms with Crippen LogP contribution in [0.4, 0.5) is 5.69 Å².